The summed E-state index contributed by atoms with van der Waals surface area (Å²) < 4.78 is 29.2. The van der Waals surface area contributed by atoms with Crippen LogP contribution in [-0.2, 0) is 4.79 Å². The van der Waals surface area contributed by atoms with Gasteiger partial charge in [0.25, 0.3) is 5.91 Å². The normalized spacial score (nSPS) is 16.0. The number of carbonyl (C=O) groups excluding carboxylic acids is 1. The van der Waals surface area contributed by atoms with Crippen LogP contribution in [0.1, 0.15) is 37.7 Å². The maximum absolute atomic E-state index is 12.4. The molecule has 0 radical (unpaired) electrons. The van der Waals surface area contributed by atoms with Crippen molar-refractivity contribution in [3.05, 3.63) is 35.4 Å². The number of carbonyl (C=O) groups is 1. The number of nitrogens with one attached hydrogen (secondary N) is 1. The molecule has 0 atom stereocenters. The maximum Gasteiger partial charge on any atom is 0.387 e. The minimum atomic E-state index is -2.97. The fourth-order valence-corrected chi connectivity index (χ4v) is 2.62. The summed E-state index contributed by atoms with van der Waals surface area (Å²) in [5.74, 6) is -0.549. The number of para-hydroxylation sites is 1. The van der Waals surface area contributed by atoms with Gasteiger partial charge in [0.05, 0.1) is 0 Å². The molecule has 6 heteroatoms. The van der Waals surface area contributed by atoms with E-state index in [4.69, 9.17) is 0 Å². The summed E-state index contributed by atoms with van der Waals surface area (Å²) in [6.07, 6.45) is 6.34. The van der Waals surface area contributed by atoms with Gasteiger partial charge in [0.2, 0.25) is 0 Å². The number of hydrogen-bond acceptors (Lipinski definition) is 3. The molecular weight excluding hydrogens is 302 g/mol. The number of hydrogen-bond donors (Lipinski definition) is 1. The number of nitrogens with zero attached hydrogens (tertiary/aromatic N) is 1. The molecule has 1 aromatic rings. The second-order valence-electron chi connectivity index (χ2n) is 5.39. The highest BCUT2D eigenvalue weighted by Crippen LogP contribution is 2.23. The van der Waals surface area contributed by atoms with Crippen molar-refractivity contribution in [2.45, 2.75) is 44.8 Å². The molecule has 1 fully saturated rings. The minimum Gasteiger partial charge on any atom is -0.434 e. The van der Waals surface area contributed by atoms with Crippen molar-refractivity contribution >= 4 is 12.0 Å². The van der Waals surface area contributed by atoms with Crippen molar-refractivity contribution in [3.63, 3.8) is 0 Å². The van der Waals surface area contributed by atoms with Crippen LogP contribution in [0.3, 0.4) is 0 Å². The number of nitriles is 1. The largest absolute Gasteiger partial charge is 0.434 e. The fraction of sp³-hybridized carbons (Fsp3) is 0.412. The van der Waals surface area contributed by atoms with Crippen LogP contribution >= 0.6 is 0 Å². The van der Waals surface area contributed by atoms with Gasteiger partial charge in [-0.05, 0) is 25.0 Å². The Morgan fingerprint density at radius 1 is 1.30 bits per heavy atom. The van der Waals surface area contributed by atoms with Crippen molar-refractivity contribution in [3.8, 4) is 11.8 Å². The van der Waals surface area contributed by atoms with Gasteiger partial charge in [-0.25, -0.2) is 0 Å². The van der Waals surface area contributed by atoms with E-state index in [9.17, 15) is 18.8 Å². The molecule has 1 aromatic carbocycles. The second kappa shape index (κ2) is 8.28. The van der Waals surface area contributed by atoms with E-state index in [1.54, 1.807) is 12.1 Å². The molecule has 0 bridgehead atoms. The van der Waals surface area contributed by atoms with E-state index in [0.717, 1.165) is 32.1 Å². The van der Waals surface area contributed by atoms with E-state index in [1.807, 2.05) is 6.07 Å². The molecule has 0 aliphatic heterocycles. The number of halogens is 2. The summed E-state index contributed by atoms with van der Waals surface area (Å²) in [6.45, 7) is -2.97. The molecule has 122 valence electrons. The van der Waals surface area contributed by atoms with Crippen LogP contribution < -0.4 is 10.1 Å². The second-order valence-corrected chi connectivity index (χ2v) is 5.39. The van der Waals surface area contributed by atoms with Crippen LogP contribution in [0.25, 0.3) is 6.08 Å². The molecule has 0 spiro atoms. The molecule has 1 aliphatic carbocycles. The molecule has 4 nitrogen and oxygen atoms in total. The Balaban J connectivity index is 2.15. The maximum atomic E-state index is 12.4. The number of amides is 1. The first-order valence-corrected chi connectivity index (χ1v) is 7.56. The van der Waals surface area contributed by atoms with Crippen LogP contribution in [0.2, 0.25) is 0 Å². The van der Waals surface area contributed by atoms with Gasteiger partial charge in [0, 0.05) is 11.6 Å². The SMILES string of the molecule is N#C/C(=C\c1ccccc1OC(F)F)C(=O)NC1CCCCC1. The zero-order valence-electron chi connectivity index (χ0n) is 12.6. The number of rotatable bonds is 5. The van der Waals surface area contributed by atoms with Gasteiger partial charge in [-0.2, -0.15) is 14.0 Å². The van der Waals surface area contributed by atoms with E-state index in [0.29, 0.717) is 0 Å². The number of ether oxygens (including phenoxy) is 1. The van der Waals surface area contributed by atoms with Crippen molar-refractivity contribution in [1.82, 2.24) is 5.32 Å². The highest BCUT2D eigenvalue weighted by Gasteiger charge is 2.18. The molecule has 0 aromatic heterocycles. The molecule has 1 amide bonds. The summed E-state index contributed by atoms with van der Waals surface area (Å²) in [5.41, 5.74) is 0.143. The lowest BCUT2D eigenvalue weighted by molar-refractivity contribution is -0.117. The average molecular weight is 320 g/mol. The van der Waals surface area contributed by atoms with Crippen molar-refractivity contribution in [2.75, 3.05) is 0 Å². The summed E-state index contributed by atoms with van der Waals surface area (Å²) in [4.78, 5) is 12.2. The Morgan fingerprint density at radius 3 is 2.65 bits per heavy atom. The molecule has 23 heavy (non-hydrogen) atoms. The average Bonchev–Trinajstić information content (AvgIpc) is 2.54. The number of alkyl halides is 2. The van der Waals surface area contributed by atoms with E-state index < -0.39 is 12.5 Å². The highest BCUT2D eigenvalue weighted by atomic mass is 19.3. The molecule has 0 heterocycles. The summed E-state index contributed by atoms with van der Waals surface area (Å²) >= 11 is 0. The van der Waals surface area contributed by atoms with Crippen LogP contribution in [0, 0.1) is 11.3 Å². The van der Waals surface area contributed by atoms with Gasteiger partial charge in [0.15, 0.2) is 0 Å². The van der Waals surface area contributed by atoms with Crippen LogP contribution in [-0.4, -0.2) is 18.6 Å². The van der Waals surface area contributed by atoms with Crippen molar-refractivity contribution in [1.29, 1.82) is 5.26 Å². The summed E-state index contributed by atoms with van der Waals surface area (Å²) in [7, 11) is 0. The predicted octanol–water partition coefficient (Wildman–Crippen LogP) is 3.64. The van der Waals surface area contributed by atoms with Crippen LogP contribution in [0.5, 0.6) is 5.75 Å². The quantitative estimate of drug-likeness (QED) is 0.665. The van der Waals surface area contributed by atoms with Crippen LogP contribution in [0.15, 0.2) is 29.8 Å². The van der Waals surface area contributed by atoms with Crippen molar-refractivity contribution in [2.24, 2.45) is 0 Å². The first kappa shape index (κ1) is 16.9. The zero-order chi connectivity index (χ0) is 16.7. The Bertz CT molecular complexity index is 617. The smallest absolute Gasteiger partial charge is 0.387 e. The lowest BCUT2D eigenvalue weighted by Crippen LogP contribution is -2.36. The fourth-order valence-electron chi connectivity index (χ4n) is 2.62. The lowest BCUT2D eigenvalue weighted by Gasteiger charge is -2.22. The Hall–Kier alpha value is -2.42. The standard InChI is InChI=1S/C17H18F2N2O2/c18-17(19)23-15-9-5-4-6-12(15)10-13(11-20)16(22)21-14-7-2-1-3-8-14/h4-6,9-10,14,17H,1-3,7-8H2,(H,21,22)/b13-10+. The van der Waals surface area contributed by atoms with E-state index in [2.05, 4.69) is 10.1 Å². The lowest BCUT2D eigenvalue weighted by atomic mass is 9.95. The summed E-state index contributed by atoms with van der Waals surface area (Å²) in [6, 6.07) is 7.95. The predicted molar refractivity (Wildman–Crippen MR) is 81.7 cm³/mol. The van der Waals surface area contributed by atoms with E-state index in [1.165, 1.54) is 18.2 Å². The first-order chi connectivity index (χ1) is 11.1. The Labute approximate surface area is 133 Å². The molecule has 1 saturated carbocycles. The summed E-state index contributed by atoms with van der Waals surface area (Å²) in [5, 5.41) is 12.0. The van der Waals surface area contributed by atoms with Crippen molar-refractivity contribution < 1.29 is 18.3 Å². The monoisotopic (exact) mass is 320 g/mol. The third-order valence-corrected chi connectivity index (χ3v) is 3.74. The van der Waals surface area contributed by atoms with Crippen LogP contribution in [0.4, 0.5) is 8.78 Å². The topological polar surface area (TPSA) is 62.1 Å². The minimum absolute atomic E-state index is 0.0688. The van der Waals surface area contributed by atoms with E-state index >= 15 is 0 Å². The van der Waals surface area contributed by atoms with Gasteiger partial charge in [0.1, 0.15) is 17.4 Å². The Morgan fingerprint density at radius 2 is 2.00 bits per heavy atom. The highest BCUT2D eigenvalue weighted by molar-refractivity contribution is 6.02. The first-order valence-electron chi connectivity index (χ1n) is 7.56. The molecule has 1 aliphatic rings. The van der Waals surface area contributed by atoms with Gasteiger partial charge in [-0.3, -0.25) is 4.79 Å². The zero-order valence-corrected chi connectivity index (χ0v) is 12.6. The third kappa shape index (κ3) is 5.06. The third-order valence-electron chi connectivity index (χ3n) is 3.74. The Kier molecular flexibility index (Phi) is 6.10. The molecular formula is C17H18F2N2O2. The van der Waals surface area contributed by atoms with Gasteiger partial charge in [-0.1, -0.05) is 37.5 Å². The molecule has 0 unspecified atom stereocenters. The molecule has 2 rings (SSSR count). The van der Waals surface area contributed by atoms with Gasteiger partial charge >= 0.3 is 6.61 Å². The number of benzene rings is 1. The molecule has 0 saturated heterocycles. The van der Waals surface area contributed by atoms with Gasteiger partial charge in [-0.15, -0.1) is 0 Å². The van der Waals surface area contributed by atoms with E-state index in [-0.39, 0.29) is 22.9 Å². The van der Waals surface area contributed by atoms with Gasteiger partial charge < -0.3 is 10.1 Å². The molecule has 1 N–H and O–H groups in total.